The smallest absolute Gasteiger partial charge is 0.193 e. The molecule has 0 rings (SSSR count). The SMILES string of the molecule is C=C(OCCCC(O)C(O)CC)C(C)=O. The predicted molar refractivity (Wildman–Crippen MR) is 57.3 cm³/mol. The van der Waals surface area contributed by atoms with Gasteiger partial charge in [0.05, 0.1) is 18.8 Å². The highest BCUT2D eigenvalue weighted by atomic mass is 16.5. The normalized spacial score (nSPS) is 14.4. The summed E-state index contributed by atoms with van der Waals surface area (Å²) in [4.78, 5) is 10.7. The first kappa shape index (κ1) is 14.1. The van der Waals surface area contributed by atoms with Crippen molar-refractivity contribution in [3.8, 4) is 0 Å². The third kappa shape index (κ3) is 6.25. The van der Waals surface area contributed by atoms with Gasteiger partial charge in [0, 0.05) is 6.92 Å². The van der Waals surface area contributed by atoms with Crippen LogP contribution in [0.1, 0.15) is 33.1 Å². The molecule has 0 aliphatic rings. The number of ketones is 1. The van der Waals surface area contributed by atoms with Crippen LogP contribution in [0, 0.1) is 0 Å². The molecule has 15 heavy (non-hydrogen) atoms. The summed E-state index contributed by atoms with van der Waals surface area (Å²) in [5.41, 5.74) is 0. The molecule has 0 amide bonds. The van der Waals surface area contributed by atoms with Gasteiger partial charge in [0.2, 0.25) is 0 Å². The van der Waals surface area contributed by atoms with Gasteiger partial charge in [-0.2, -0.15) is 0 Å². The molecule has 0 aromatic heterocycles. The van der Waals surface area contributed by atoms with E-state index in [1.54, 1.807) is 0 Å². The van der Waals surface area contributed by atoms with Crippen LogP contribution in [0.5, 0.6) is 0 Å². The number of allylic oxidation sites excluding steroid dienone is 1. The first-order chi connectivity index (χ1) is 6.99. The fraction of sp³-hybridized carbons (Fsp3) is 0.727. The maximum absolute atomic E-state index is 10.7. The summed E-state index contributed by atoms with van der Waals surface area (Å²) in [6, 6.07) is 0. The molecule has 0 spiro atoms. The fourth-order valence-corrected chi connectivity index (χ4v) is 1.05. The van der Waals surface area contributed by atoms with Crippen molar-refractivity contribution in [3.63, 3.8) is 0 Å². The van der Waals surface area contributed by atoms with Gasteiger partial charge in [-0.1, -0.05) is 13.5 Å². The van der Waals surface area contributed by atoms with Crippen molar-refractivity contribution in [1.82, 2.24) is 0 Å². The Morgan fingerprint density at radius 2 is 2.00 bits per heavy atom. The molecule has 88 valence electrons. The van der Waals surface area contributed by atoms with E-state index in [4.69, 9.17) is 4.74 Å². The van der Waals surface area contributed by atoms with Gasteiger partial charge in [0.25, 0.3) is 0 Å². The number of aliphatic hydroxyl groups is 2. The molecule has 2 atom stereocenters. The van der Waals surface area contributed by atoms with Crippen molar-refractivity contribution >= 4 is 5.78 Å². The van der Waals surface area contributed by atoms with Crippen LogP contribution in [-0.2, 0) is 9.53 Å². The van der Waals surface area contributed by atoms with Gasteiger partial charge in [-0.3, -0.25) is 4.79 Å². The Morgan fingerprint density at radius 1 is 1.40 bits per heavy atom. The summed E-state index contributed by atoms with van der Waals surface area (Å²) in [7, 11) is 0. The summed E-state index contributed by atoms with van der Waals surface area (Å²) in [6.07, 6.45) is 0.178. The minimum Gasteiger partial charge on any atom is -0.491 e. The Balaban J connectivity index is 3.54. The molecule has 0 aliphatic carbocycles. The first-order valence-corrected chi connectivity index (χ1v) is 5.17. The highest BCUT2D eigenvalue weighted by molar-refractivity contribution is 5.90. The molecule has 0 heterocycles. The Bertz CT molecular complexity index is 213. The monoisotopic (exact) mass is 216 g/mol. The first-order valence-electron chi connectivity index (χ1n) is 5.17. The van der Waals surface area contributed by atoms with E-state index in [1.165, 1.54) is 6.92 Å². The zero-order valence-corrected chi connectivity index (χ0v) is 9.40. The van der Waals surface area contributed by atoms with E-state index in [9.17, 15) is 15.0 Å². The summed E-state index contributed by atoms with van der Waals surface area (Å²) in [5.74, 6) is -0.0512. The molecule has 0 aromatic rings. The van der Waals surface area contributed by atoms with E-state index >= 15 is 0 Å². The number of hydrogen-bond acceptors (Lipinski definition) is 4. The quantitative estimate of drug-likeness (QED) is 0.361. The lowest BCUT2D eigenvalue weighted by atomic mass is 10.1. The van der Waals surface area contributed by atoms with E-state index in [1.807, 2.05) is 6.92 Å². The number of ether oxygens (including phenoxy) is 1. The van der Waals surface area contributed by atoms with Gasteiger partial charge in [-0.15, -0.1) is 0 Å². The standard InChI is InChI=1S/C11H20O4/c1-4-10(13)11(14)6-5-7-15-9(3)8(2)12/h10-11,13-14H,3-7H2,1-2H3. The third-order valence-electron chi connectivity index (χ3n) is 2.18. The van der Waals surface area contributed by atoms with Crippen LogP contribution in [0.15, 0.2) is 12.3 Å². The number of rotatable bonds is 8. The fourth-order valence-electron chi connectivity index (χ4n) is 1.05. The van der Waals surface area contributed by atoms with Gasteiger partial charge in [-0.25, -0.2) is 0 Å². The van der Waals surface area contributed by atoms with Crippen LogP contribution >= 0.6 is 0 Å². The average Bonchev–Trinajstić information content (AvgIpc) is 2.22. The average molecular weight is 216 g/mol. The van der Waals surface area contributed by atoms with Crippen LogP contribution in [0.2, 0.25) is 0 Å². The van der Waals surface area contributed by atoms with Gasteiger partial charge in [-0.05, 0) is 19.3 Å². The second kappa shape index (κ2) is 7.43. The van der Waals surface area contributed by atoms with E-state index in [0.717, 1.165) is 0 Å². The number of aliphatic hydroxyl groups excluding tert-OH is 2. The third-order valence-corrected chi connectivity index (χ3v) is 2.18. The van der Waals surface area contributed by atoms with Crippen molar-refractivity contribution < 1.29 is 19.7 Å². The van der Waals surface area contributed by atoms with Gasteiger partial charge >= 0.3 is 0 Å². The minimum atomic E-state index is -0.718. The molecular weight excluding hydrogens is 196 g/mol. The van der Waals surface area contributed by atoms with Crippen molar-refractivity contribution in [2.45, 2.75) is 45.3 Å². The maximum atomic E-state index is 10.7. The molecule has 0 radical (unpaired) electrons. The Labute approximate surface area is 90.6 Å². The van der Waals surface area contributed by atoms with Crippen molar-refractivity contribution in [1.29, 1.82) is 0 Å². The zero-order valence-electron chi connectivity index (χ0n) is 9.40. The van der Waals surface area contributed by atoms with Crippen LogP contribution in [-0.4, -0.2) is 34.8 Å². The topological polar surface area (TPSA) is 66.8 Å². The van der Waals surface area contributed by atoms with Crippen molar-refractivity contribution in [3.05, 3.63) is 12.3 Å². The van der Waals surface area contributed by atoms with E-state index in [2.05, 4.69) is 6.58 Å². The van der Waals surface area contributed by atoms with Crippen LogP contribution in [0.25, 0.3) is 0 Å². The molecule has 2 N–H and O–H groups in total. The van der Waals surface area contributed by atoms with Crippen LogP contribution < -0.4 is 0 Å². The summed E-state index contributed by atoms with van der Waals surface area (Å²) < 4.78 is 5.03. The van der Waals surface area contributed by atoms with E-state index < -0.39 is 12.2 Å². The van der Waals surface area contributed by atoms with Gasteiger partial charge < -0.3 is 14.9 Å². The second-order valence-corrected chi connectivity index (χ2v) is 3.51. The largest absolute Gasteiger partial charge is 0.491 e. The molecule has 2 unspecified atom stereocenters. The minimum absolute atomic E-state index is 0.139. The van der Waals surface area contributed by atoms with Crippen LogP contribution in [0.4, 0.5) is 0 Å². The van der Waals surface area contributed by atoms with Crippen molar-refractivity contribution in [2.24, 2.45) is 0 Å². The lowest BCUT2D eigenvalue weighted by Crippen LogP contribution is -2.25. The summed E-state index contributed by atoms with van der Waals surface area (Å²) in [5, 5.41) is 18.7. The number of carbonyl (C=O) groups is 1. The number of carbonyl (C=O) groups excluding carboxylic acids is 1. The van der Waals surface area contributed by atoms with E-state index in [-0.39, 0.29) is 11.5 Å². The summed E-state index contributed by atoms with van der Waals surface area (Å²) >= 11 is 0. The number of hydrogen-bond donors (Lipinski definition) is 2. The number of Topliss-reactive ketones (excluding diaryl/α,β-unsaturated/α-hetero) is 1. The molecule has 0 bridgehead atoms. The van der Waals surface area contributed by atoms with Gasteiger partial charge in [0.1, 0.15) is 0 Å². The molecule has 0 aromatic carbocycles. The molecular formula is C11H20O4. The highest BCUT2D eigenvalue weighted by Crippen LogP contribution is 2.06. The summed E-state index contributed by atoms with van der Waals surface area (Å²) in [6.45, 7) is 6.97. The Morgan fingerprint density at radius 3 is 2.47 bits per heavy atom. The lowest BCUT2D eigenvalue weighted by Gasteiger charge is -2.15. The molecule has 0 saturated carbocycles. The maximum Gasteiger partial charge on any atom is 0.193 e. The Kier molecular flexibility index (Phi) is 6.99. The lowest BCUT2D eigenvalue weighted by molar-refractivity contribution is -0.116. The molecule has 0 fully saturated rings. The van der Waals surface area contributed by atoms with E-state index in [0.29, 0.717) is 25.9 Å². The zero-order chi connectivity index (χ0) is 11.8. The predicted octanol–water partition coefficient (Wildman–Crippen LogP) is 1.02. The molecule has 0 aliphatic heterocycles. The second-order valence-electron chi connectivity index (χ2n) is 3.51. The highest BCUT2D eigenvalue weighted by Gasteiger charge is 2.13. The van der Waals surface area contributed by atoms with Gasteiger partial charge in [0.15, 0.2) is 11.5 Å². The molecule has 4 heteroatoms. The molecule has 0 saturated heterocycles. The van der Waals surface area contributed by atoms with Crippen molar-refractivity contribution in [2.75, 3.05) is 6.61 Å². The Hall–Kier alpha value is -0.870. The molecule has 4 nitrogen and oxygen atoms in total. The van der Waals surface area contributed by atoms with Crippen LogP contribution in [0.3, 0.4) is 0 Å².